The molecule has 24 heavy (non-hydrogen) atoms. The molecule has 0 saturated carbocycles. The van der Waals surface area contributed by atoms with Gasteiger partial charge in [0.1, 0.15) is 11.0 Å². The molecule has 0 bridgehead atoms. The fourth-order valence-electron chi connectivity index (χ4n) is 3.03. The summed E-state index contributed by atoms with van der Waals surface area (Å²) in [6, 6.07) is 16.8. The van der Waals surface area contributed by atoms with Crippen molar-refractivity contribution < 1.29 is 9.21 Å². The first kappa shape index (κ1) is 15.0. The number of anilines is 1. The van der Waals surface area contributed by atoms with Crippen molar-refractivity contribution in [2.75, 3.05) is 10.7 Å². The van der Waals surface area contributed by atoms with Crippen molar-refractivity contribution in [3.05, 3.63) is 76.1 Å². The van der Waals surface area contributed by atoms with E-state index in [2.05, 4.69) is 0 Å². The highest BCUT2D eigenvalue weighted by Crippen LogP contribution is 2.43. The quantitative estimate of drug-likeness (QED) is 0.666. The minimum absolute atomic E-state index is 0.0465. The van der Waals surface area contributed by atoms with Crippen molar-refractivity contribution in [3.8, 4) is 0 Å². The zero-order chi connectivity index (χ0) is 16.7. The summed E-state index contributed by atoms with van der Waals surface area (Å²) in [5.41, 5.74) is 2.90. The van der Waals surface area contributed by atoms with Gasteiger partial charge in [0.25, 0.3) is 0 Å². The number of hydrogen-bond acceptors (Lipinski definition) is 4. The zero-order valence-electron chi connectivity index (χ0n) is 13.1. The second kappa shape index (κ2) is 5.83. The lowest BCUT2D eigenvalue weighted by Crippen LogP contribution is -2.28. The number of benzene rings is 2. The molecule has 4 rings (SSSR count). The highest BCUT2D eigenvalue weighted by molar-refractivity contribution is 8.00. The molecule has 0 radical (unpaired) electrons. The van der Waals surface area contributed by atoms with Gasteiger partial charge in [-0.2, -0.15) is 0 Å². The average Bonchev–Trinajstić information content (AvgIpc) is 2.97. The molecule has 2 aromatic carbocycles. The Bertz CT molecular complexity index is 981. The van der Waals surface area contributed by atoms with Crippen LogP contribution in [0.4, 0.5) is 5.69 Å². The Morgan fingerprint density at radius 1 is 1.08 bits per heavy atom. The molecule has 1 unspecified atom stereocenters. The molecule has 4 nitrogen and oxygen atoms in total. The summed E-state index contributed by atoms with van der Waals surface area (Å²) in [6.07, 6.45) is 0. The molecule has 2 heterocycles. The number of carbonyl (C=O) groups is 1. The number of carbonyl (C=O) groups excluding carboxylic acids is 1. The van der Waals surface area contributed by atoms with Crippen LogP contribution < -0.4 is 10.5 Å². The molecule has 1 saturated heterocycles. The van der Waals surface area contributed by atoms with Gasteiger partial charge < -0.3 is 4.42 Å². The Balaban J connectivity index is 1.91. The molecule has 1 amide bonds. The second-order valence-electron chi connectivity index (χ2n) is 5.78. The summed E-state index contributed by atoms with van der Waals surface area (Å²) >= 11 is 1.53. The minimum atomic E-state index is -0.394. The highest BCUT2D eigenvalue weighted by atomic mass is 32.2. The van der Waals surface area contributed by atoms with E-state index >= 15 is 0 Å². The van der Waals surface area contributed by atoms with Gasteiger partial charge in [0.05, 0.1) is 5.75 Å². The summed E-state index contributed by atoms with van der Waals surface area (Å²) < 4.78 is 5.32. The van der Waals surface area contributed by atoms with Crippen molar-refractivity contribution in [1.29, 1.82) is 0 Å². The lowest BCUT2D eigenvalue weighted by Gasteiger charge is -2.25. The monoisotopic (exact) mass is 337 g/mol. The maximum Gasteiger partial charge on any atom is 0.336 e. The molecule has 0 N–H and O–H groups in total. The van der Waals surface area contributed by atoms with E-state index in [1.165, 1.54) is 17.8 Å². The Kier molecular flexibility index (Phi) is 3.65. The summed E-state index contributed by atoms with van der Waals surface area (Å²) in [5, 5.41) is 0.649. The molecule has 1 fully saturated rings. The molecule has 1 atom stereocenters. The first-order valence-corrected chi connectivity index (χ1v) is 8.71. The molecule has 1 aliphatic rings. The van der Waals surface area contributed by atoms with Crippen LogP contribution in [0.2, 0.25) is 0 Å². The van der Waals surface area contributed by atoms with Crippen LogP contribution in [0.25, 0.3) is 11.0 Å². The number of thioether (sulfide) groups is 1. The summed E-state index contributed by atoms with van der Waals surface area (Å²) in [4.78, 5) is 26.2. The first-order valence-electron chi connectivity index (χ1n) is 7.66. The molecule has 3 aromatic rings. The van der Waals surface area contributed by atoms with Crippen LogP contribution in [0.3, 0.4) is 0 Å². The van der Waals surface area contributed by atoms with Gasteiger partial charge in [-0.05, 0) is 31.2 Å². The number of fused-ring (bicyclic) bond motifs is 1. The number of aryl methyl sites for hydroxylation is 1. The average molecular weight is 337 g/mol. The van der Waals surface area contributed by atoms with E-state index in [1.54, 1.807) is 4.90 Å². The maximum atomic E-state index is 12.4. The molecular weight excluding hydrogens is 322 g/mol. The fourth-order valence-corrected chi connectivity index (χ4v) is 4.23. The van der Waals surface area contributed by atoms with Gasteiger partial charge in [0.15, 0.2) is 0 Å². The van der Waals surface area contributed by atoms with Crippen molar-refractivity contribution in [2.24, 2.45) is 0 Å². The predicted octanol–water partition coefficient (Wildman–Crippen LogP) is 3.88. The van der Waals surface area contributed by atoms with E-state index in [0.29, 0.717) is 11.3 Å². The van der Waals surface area contributed by atoms with Crippen molar-refractivity contribution in [3.63, 3.8) is 0 Å². The third kappa shape index (κ3) is 2.51. The van der Waals surface area contributed by atoms with E-state index in [-0.39, 0.29) is 11.3 Å². The van der Waals surface area contributed by atoms with Crippen LogP contribution in [0.5, 0.6) is 0 Å². The summed E-state index contributed by atoms with van der Waals surface area (Å²) in [5.74, 6) is 0.442. The van der Waals surface area contributed by atoms with Gasteiger partial charge in [0, 0.05) is 22.7 Å². The Labute approximate surface area is 143 Å². The summed E-state index contributed by atoms with van der Waals surface area (Å²) in [7, 11) is 0. The van der Waals surface area contributed by atoms with Gasteiger partial charge in [-0.25, -0.2) is 4.79 Å². The van der Waals surface area contributed by atoms with Gasteiger partial charge in [-0.15, -0.1) is 11.8 Å². The lowest BCUT2D eigenvalue weighted by molar-refractivity contribution is -0.115. The molecular formula is C19H15NO3S. The number of amides is 1. The third-order valence-electron chi connectivity index (χ3n) is 4.10. The van der Waals surface area contributed by atoms with E-state index in [0.717, 1.165) is 22.2 Å². The van der Waals surface area contributed by atoms with Crippen molar-refractivity contribution >= 4 is 34.3 Å². The maximum absolute atomic E-state index is 12.4. The largest absolute Gasteiger partial charge is 0.423 e. The van der Waals surface area contributed by atoms with E-state index in [1.807, 2.05) is 55.5 Å². The molecule has 1 aromatic heterocycles. The Morgan fingerprint density at radius 3 is 2.67 bits per heavy atom. The van der Waals surface area contributed by atoms with E-state index in [4.69, 9.17) is 4.42 Å². The molecule has 0 aliphatic carbocycles. The fraction of sp³-hybridized carbons (Fsp3) is 0.158. The van der Waals surface area contributed by atoms with E-state index in [9.17, 15) is 9.59 Å². The number of rotatable bonds is 2. The normalized spacial score (nSPS) is 17.6. The Hall–Kier alpha value is -2.53. The number of nitrogens with zero attached hydrogens (tertiary/aromatic N) is 1. The van der Waals surface area contributed by atoms with Gasteiger partial charge in [0.2, 0.25) is 5.91 Å². The van der Waals surface area contributed by atoms with Crippen LogP contribution >= 0.6 is 11.8 Å². The third-order valence-corrected chi connectivity index (χ3v) is 5.29. The minimum Gasteiger partial charge on any atom is -0.423 e. The van der Waals surface area contributed by atoms with Crippen LogP contribution in [-0.2, 0) is 4.79 Å². The van der Waals surface area contributed by atoms with Crippen LogP contribution in [0, 0.1) is 6.92 Å². The van der Waals surface area contributed by atoms with Gasteiger partial charge >= 0.3 is 5.63 Å². The van der Waals surface area contributed by atoms with Crippen LogP contribution in [0.1, 0.15) is 16.5 Å². The van der Waals surface area contributed by atoms with Crippen molar-refractivity contribution in [1.82, 2.24) is 0 Å². The van der Waals surface area contributed by atoms with Gasteiger partial charge in [-0.1, -0.05) is 29.8 Å². The standard InChI is InChI=1S/C19H15NO3S/c1-12-7-8-16-14(9-12)15(10-18(22)23-16)19-20(17(21)11-24-19)13-5-3-2-4-6-13/h2-10,19H,11H2,1H3. The lowest BCUT2D eigenvalue weighted by atomic mass is 10.1. The van der Waals surface area contributed by atoms with E-state index < -0.39 is 5.63 Å². The molecule has 5 heteroatoms. The SMILES string of the molecule is Cc1ccc2oc(=O)cc(C3SCC(=O)N3c3ccccc3)c2c1. The predicted molar refractivity (Wildman–Crippen MR) is 96.3 cm³/mol. The molecule has 120 valence electrons. The Morgan fingerprint density at radius 2 is 1.88 bits per heavy atom. The van der Waals surface area contributed by atoms with Gasteiger partial charge in [-0.3, -0.25) is 9.69 Å². The summed E-state index contributed by atoms with van der Waals surface area (Å²) in [6.45, 7) is 2.00. The number of para-hydroxylation sites is 1. The zero-order valence-corrected chi connectivity index (χ0v) is 13.9. The highest BCUT2D eigenvalue weighted by Gasteiger charge is 2.35. The van der Waals surface area contributed by atoms with Crippen LogP contribution in [0.15, 0.2) is 63.8 Å². The van der Waals surface area contributed by atoms with Crippen LogP contribution in [-0.4, -0.2) is 11.7 Å². The second-order valence-corrected chi connectivity index (χ2v) is 6.85. The smallest absolute Gasteiger partial charge is 0.336 e. The molecule has 1 aliphatic heterocycles. The molecule has 0 spiro atoms. The topological polar surface area (TPSA) is 50.5 Å². The van der Waals surface area contributed by atoms with Crippen molar-refractivity contribution in [2.45, 2.75) is 12.3 Å². The first-order chi connectivity index (χ1) is 11.6. The number of hydrogen-bond donors (Lipinski definition) is 0.